The number of rotatable bonds is 13. The van der Waals surface area contributed by atoms with Crippen molar-refractivity contribution >= 4 is 0 Å². The van der Waals surface area contributed by atoms with E-state index >= 15 is 0 Å². The summed E-state index contributed by atoms with van der Waals surface area (Å²) in [7, 11) is 0. The molecule has 0 heteroatoms. The first kappa shape index (κ1) is 18.7. The first-order valence-corrected chi connectivity index (χ1v) is 8.99. The van der Waals surface area contributed by atoms with Gasteiger partial charge in [0.2, 0.25) is 0 Å². The van der Waals surface area contributed by atoms with Gasteiger partial charge in [-0.2, -0.15) is 0 Å². The van der Waals surface area contributed by atoms with Crippen molar-refractivity contribution in [2.24, 2.45) is 0 Å². The van der Waals surface area contributed by atoms with E-state index in [1.807, 2.05) is 5.57 Å². The third-order valence-electron chi connectivity index (χ3n) is 4.17. The summed E-state index contributed by atoms with van der Waals surface area (Å²) in [5.41, 5.74) is 3.64. The quantitative estimate of drug-likeness (QED) is 0.240. The number of hydrogen-bond donors (Lipinski definition) is 0. The molecule has 0 aromatic carbocycles. The zero-order valence-electron chi connectivity index (χ0n) is 14.2. The minimum Gasteiger partial charge on any atom is -0.0713 e. The van der Waals surface area contributed by atoms with Crippen LogP contribution in [0.25, 0.3) is 0 Å². The second-order valence-electron chi connectivity index (χ2n) is 5.93. The molecule has 0 bridgehead atoms. The lowest BCUT2D eigenvalue weighted by molar-refractivity contribution is 0.634. The van der Waals surface area contributed by atoms with Gasteiger partial charge in [-0.15, -0.1) is 0 Å². The molecule has 19 heavy (non-hydrogen) atoms. The zero-order chi connectivity index (χ0) is 14.3. The van der Waals surface area contributed by atoms with Crippen LogP contribution in [0, 0.1) is 0 Å². The van der Waals surface area contributed by atoms with Gasteiger partial charge in [0, 0.05) is 0 Å². The lowest BCUT2D eigenvalue weighted by Crippen LogP contribution is -1.95. The van der Waals surface area contributed by atoms with E-state index < -0.39 is 0 Å². The van der Waals surface area contributed by atoms with Crippen LogP contribution in [0.3, 0.4) is 0 Å². The average molecular weight is 267 g/mol. The first-order valence-electron chi connectivity index (χ1n) is 8.99. The van der Waals surface area contributed by atoms with Crippen LogP contribution in [0.4, 0.5) is 0 Å². The van der Waals surface area contributed by atoms with Crippen molar-refractivity contribution in [1.29, 1.82) is 0 Å². The van der Waals surface area contributed by atoms with Crippen LogP contribution in [0.1, 0.15) is 111 Å². The van der Waals surface area contributed by atoms with Crippen molar-refractivity contribution in [2.45, 2.75) is 111 Å². The van der Waals surface area contributed by atoms with Gasteiger partial charge in [-0.05, 0) is 44.9 Å². The van der Waals surface area contributed by atoms with E-state index in [0.29, 0.717) is 0 Å². The fourth-order valence-electron chi connectivity index (χ4n) is 2.85. The van der Waals surface area contributed by atoms with Crippen LogP contribution < -0.4 is 0 Å². The Morgan fingerprint density at radius 1 is 0.474 bits per heavy atom. The zero-order valence-corrected chi connectivity index (χ0v) is 14.2. The summed E-state index contributed by atoms with van der Waals surface area (Å²) in [6.45, 7) is 9.28. The fraction of sp³-hybridized carbons (Fsp3) is 0.895. The molecule has 0 nitrogen and oxygen atoms in total. The lowest BCUT2D eigenvalue weighted by atomic mass is 9.92. The molecule has 0 N–H and O–H groups in total. The predicted molar refractivity (Wildman–Crippen MR) is 89.7 cm³/mol. The van der Waals surface area contributed by atoms with Crippen molar-refractivity contribution in [3.05, 3.63) is 11.1 Å². The molecule has 0 saturated heterocycles. The van der Waals surface area contributed by atoms with Gasteiger partial charge in [-0.1, -0.05) is 77.4 Å². The third-order valence-corrected chi connectivity index (χ3v) is 4.17. The van der Waals surface area contributed by atoms with E-state index in [9.17, 15) is 0 Å². The molecule has 0 rings (SSSR count). The first-order chi connectivity index (χ1) is 9.29. The lowest BCUT2D eigenvalue weighted by Gasteiger charge is -2.15. The molecule has 0 radical (unpaired) electrons. The molecule has 0 spiro atoms. The smallest absolute Gasteiger partial charge is 0.0318 e. The van der Waals surface area contributed by atoms with Crippen molar-refractivity contribution < 1.29 is 0 Å². The largest absolute Gasteiger partial charge is 0.0713 e. The summed E-state index contributed by atoms with van der Waals surface area (Å²) in [5, 5.41) is 0. The molecule has 0 fully saturated rings. The van der Waals surface area contributed by atoms with E-state index in [-0.39, 0.29) is 0 Å². The van der Waals surface area contributed by atoms with Gasteiger partial charge >= 0.3 is 0 Å². The molecular formula is C19H38. The number of unbranched alkanes of at least 4 members (excludes halogenated alkanes) is 6. The average Bonchev–Trinajstić information content (AvgIpc) is 2.43. The summed E-state index contributed by atoms with van der Waals surface area (Å²) in [5.74, 6) is 0. The molecule has 0 atom stereocenters. The van der Waals surface area contributed by atoms with E-state index in [1.54, 1.807) is 5.57 Å². The summed E-state index contributed by atoms with van der Waals surface area (Å²) in [6, 6.07) is 0. The Kier molecular flexibility index (Phi) is 14.0. The van der Waals surface area contributed by atoms with Crippen LogP contribution in [-0.4, -0.2) is 0 Å². The van der Waals surface area contributed by atoms with E-state index in [2.05, 4.69) is 27.7 Å². The monoisotopic (exact) mass is 266 g/mol. The van der Waals surface area contributed by atoms with Gasteiger partial charge < -0.3 is 0 Å². The van der Waals surface area contributed by atoms with Gasteiger partial charge in [-0.3, -0.25) is 0 Å². The SMILES string of the molecule is CCCCCC(CC)=C(CCCCC)CCCCC. The van der Waals surface area contributed by atoms with Crippen LogP contribution in [-0.2, 0) is 0 Å². The highest BCUT2D eigenvalue weighted by Gasteiger charge is 2.05. The highest BCUT2D eigenvalue weighted by molar-refractivity contribution is 5.14. The van der Waals surface area contributed by atoms with Crippen molar-refractivity contribution in [1.82, 2.24) is 0 Å². The minimum absolute atomic E-state index is 1.29. The Bertz CT molecular complexity index is 200. The molecule has 0 amide bonds. The number of allylic oxidation sites excluding steroid dienone is 2. The second-order valence-corrected chi connectivity index (χ2v) is 5.93. The molecule has 0 saturated carbocycles. The Hall–Kier alpha value is -0.260. The maximum atomic E-state index is 2.36. The number of hydrogen-bond acceptors (Lipinski definition) is 0. The Labute approximate surface area is 123 Å². The van der Waals surface area contributed by atoms with Gasteiger partial charge in [0.15, 0.2) is 0 Å². The van der Waals surface area contributed by atoms with Gasteiger partial charge in [0.1, 0.15) is 0 Å². The second kappa shape index (κ2) is 14.2. The molecule has 0 aromatic rings. The van der Waals surface area contributed by atoms with Crippen molar-refractivity contribution in [3.8, 4) is 0 Å². The summed E-state index contributed by atoms with van der Waals surface area (Å²) in [4.78, 5) is 0. The molecule has 0 unspecified atom stereocenters. The van der Waals surface area contributed by atoms with Crippen LogP contribution in [0.5, 0.6) is 0 Å². The molecular weight excluding hydrogens is 228 g/mol. The Morgan fingerprint density at radius 2 is 0.842 bits per heavy atom. The molecule has 0 aliphatic rings. The highest BCUT2D eigenvalue weighted by atomic mass is 14.1. The third kappa shape index (κ3) is 10.2. The summed E-state index contributed by atoms with van der Waals surface area (Å²) in [6.07, 6.45) is 17.9. The molecule has 114 valence electrons. The Balaban J connectivity index is 4.40. The maximum Gasteiger partial charge on any atom is -0.0318 e. The fourth-order valence-corrected chi connectivity index (χ4v) is 2.85. The van der Waals surface area contributed by atoms with Gasteiger partial charge in [0.25, 0.3) is 0 Å². The Morgan fingerprint density at radius 3 is 1.16 bits per heavy atom. The summed E-state index contributed by atoms with van der Waals surface area (Å²) < 4.78 is 0. The van der Waals surface area contributed by atoms with E-state index in [1.165, 1.54) is 83.5 Å². The van der Waals surface area contributed by atoms with Crippen LogP contribution >= 0.6 is 0 Å². The van der Waals surface area contributed by atoms with E-state index in [0.717, 1.165) is 0 Å². The molecule has 0 aromatic heterocycles. The van der Waals surface area contributed by atoms with Gasteiger partial charge in [0.05, 0.1) is 0 Å². The predicted octanol–water partition coefficient (Wildman–Crippen LogP) is 7.43. The minimum atomic E-state index is 1.29. The van der Waals surface area contributed by atoms with Gasteiger partial charge in [-0.25, -0.2) is 0 Å². The normalized spacial score (nSPS) is 10.7. The topological polar surface area (TPSA) is 0 Å². The van der Waals surface area contributed by atoms with Crippen LogP contribution in [0.15, 0.2) is 11.1 Å². The standard InChI is InChI=1S/C19H38/c1-5-9-12-15-18(8-4)19(16-13-10-6-2)17-14-11-7-3/h5-17H2,1-4H3. The molecule has 0 heterocycles. The summed E-state index contributed by atoms with van der Waals surface area (Å²) >= 11 is 0. The highest BCUT2D eigenvalue weighted by Crippen LogP contribution is 2.25. The van der Waals surface area contributed by atoms with Crippen molar-refractivity contribution in [2.75, 3.05) is 0 Å². The van der Waals surface area contributed by atoms with Crippen LogP contribution in [0.2, 0.25) is 0 Å². The van der Waals surface area contributed by atoms with E-state index in [4.69, 9.17) is 0 Å². The maximum absolute atomic E-state index is 2.36. The van der Waals surface area contributed by atoms with Crippen molar-refractivity contribution in [3.63, 3.8) is 0 Å². The molecule has 0 aliphatic heterocycles. The molecule has 0 aliphatic carbocycles.